The van der Waals surface area contributed by atoms with Gasteiger partial charge in [-0.05, 0) is 29.8 Å². The number of ether oxygens (including phenoxy) is 3. The largest absolute Gasteiger partial charge is 0.497 e. The van der Waals surface area contributed by atoms with Gasteiger partial charge in [0.25, 0.3) is 0 Å². The van der Waals surface area contributed by atoms with Crippen molar-refractivity contribution < 1.29 is 19.3 Å². The number of rotatable bonds is 5. The third-order valence-electron chi connectivity index (χ3n) is 3.18. The topological polar surface area (TPSA) is 47.9 Å². The monoisotopic (exact) mass is 308 g/mol. The van der Waals surface area contributed by atoms with Crippen LogP contribution in [0.15, 0.2) is 36.4 Å². The van der Waals surface area contributed by atoms with Crippen LogP contribution in [0.2, 0.25) is 5.02 Å². The Kier molecular flexibility index (Phi) is 4.94. The Morgan fingerprint density at radius 3 is 2.05 bits per heavy atom. The second-order valence-corrected chi connectivity index (χ2v) is 4.87. The zero-order valence-corrected chi connectivity index (χ0v) is 12.8. The molecule has 0 aliphatic rings. The van der Waals surface area contributed by atoms with Gasteiger partial charge in [0.1, 0.15) is 23.4 Å². The zero-order chi connectivity index (χ0) is 15.4. The number of hydrogen-bond donors (Lipinski definition) is 1. The van der Waals surface area contributed by atoms with E-state index in [0.29, 0.717) is 33.4 Å². The Labute approximate surface area is 128 Å². The maximum Gasteiger partial charge on any atom is 0.126 e. The van der Waals surface area contributed by atoms with Gasteiger partial charge < -0.3 is 19.3 Å². The summed E-state index contributed by atoms with van der Waals surface area (Å²) in [5.41, 5.74) is 1.27. The van der Waals surface area contributed by atoms with Gasteiger partial charge >= 0.3 is 0 Å². The fraction of sp³-hybridized carbons (Fsp3) is 0.250. The van der Waals surface area contributed by atoms with E-state index in [9.17, 15) is 5.11 Å². The molecule has 0 aliphatic heterocycles. The number of aliphatic hydroxyl groups is 1. The summed E-state index contributed by atoms with van der Waals surface area (Å²) in [7, 11) is 4.66. The molecule has 1 N–H and O–H groups in total. The minimum absolute atomic E-state index is 0.525. The average Bonchev–Trinajstić information content (AvgIpc) is 2.53. The van der Waals surface area contributed by atoms with Crippen molar-refractivity contribution in [1.29, 1.82) is 0 Å². The number of methoxy groups -OCH3 is 3. The fourth-order valence-electron chi connectivity index (χ4n) is 2.08. The van der Waals surface area contributed by atoms with Gasteiger partial charge in [0, 0.05) is 16.7 Å². The highest BCUT2D eigenvalue weighted by Gasteiger charge is 2.17. The summed E-state index contributed by atoms with van der Waals surface area (Å²) < 4.78 is 15.7. The van der Waals surface area contributed by atoms with Crippen LogP contribution in [0, 0.1) is 0 Å². The Hall–Kier alpha value is -1.91. The van der Waals surface area contributed by atoms with Crippen LogP contribution in [0.3, 0.4) is 0 Å². The molecule has 0 aliphatic carbocycles. The Bertz CT molecular complexity index is 605. The van der Waals surface area contributed by atoms with Gasteiger partial charge in [0.15, 0.2) is 0 Å². The second kappa shape index (κ2) is 6.70. The lowest BCUT2D eigenvalue weighted by Gasteiger charge is -2.17. The van der Waals surface area contributed by atoms with E-state index < -0.39 is 6.10 Å². The smallest absolute Gasteiger partial charge is 0.126 e. The van der Waals surface area contributed by atoms with Gasteiger partial charge in [-0.25, -0.2) is 0 Å². The van der Waals surface area contributed by atoms with Crippen molar-refractivity contribution in [3.8, 4) is 17.2 Å². The first kappa shape index (κ1) is 15.5. The van der Waals surface area contributed by atoms with Crippen LogP contribution in [0.5, 0.6) is 17.2 Å². The van der Waals surface area contributed by atoms with E-state index in [4.69, 9.17) is 25.8 Å². The molecular formula is C16H17ClO4. The number of hydrogen-bond acceptors (Lipinski definition) is 4. The first-order chi connectivity index (χ1) is 10.1. The standard InChI is InChI=1S/C16H17ClO4/c1-19-12-6-10(7-13(9-12)20-2)16(18)14-5-4-11(17)8-15(14)21-3/h4-9,16,18H,1-3H3. The highest BCUT2D eigenvalue weighted by Crippen LogP contribution is 2.35. The van der Waals surface area contributed by atoms with E-state index in [1.165, 1.54) is 7.11 Å². The van der Waals surface area contributed by atoms with E-state index in [1.54, 1.807) is 50.6 Å². The molecule has 0 heterocycles. The Balaban J connectivity index is 2.46. The molecule has 1 atom stereocenters. The van der Waals surface area contributed by atoms with Crippen LogP contribution >= 0.6 is 11.6 Å². The lowest BCUT2D eigenvalue weighted by Crippen LogP contribution is -2.03. The van der Waals surface area contributed by atoms with Gasteiger partial charge in [-0.3, -0.25) is 0 Å². The maximum atomic E-state index is 10.6. The van der Waals surface area contributed by atoms with Crippen molar-refractivity contribution in [2.75, 3.05) is 21.3 Å². The van der Waals surface area contributed by atoms with Crippen LogP contribution in [0.25, 0.3) is 0 Å². The van der Waals surface area contributed by atoms with Crippen molar-refractivity contribution >= 4 is 11.6 Å². The van der Waals surface area contributed by atoms with Gasteiger partial charge in [0.2, 0.25) is 0 Å². The van der Waals surface area contributed by atoms with Crippen molar-refractivity contribution in [2.45, 2.75) is 6.10 Å². The Morgan fingerprint density at radius 2 is 1.52 bits per heavy atom. The third-order valence-corrected chi connectivity index (χ3v) is 3.41. The zero-order valence-electron chi connectivity index (χ0n) is 12.1. The van der Waals surface area contributed by atoms with E-state index in [0.717, 1.165) is 0 Å². The molecule has 0 radical (unpaired) electrons. The van der Waals surface area contributed by atoms with Crippen molar-refractivity contribution in [3.63, 3.8) is 0 Å². The quantitative estimate of drug-likeness (QED) is 0.919. The van der Waals surface area contributed by atoms with Crippen LogP contribution in [-0.4, -0.2) is 26.4 Å². The van der Waals surface area contributed by atoms with Gasteiger partial charge in [-0.2, -0.15) is 0 Å². The van der Waals surface area contributed by atoms with Gasteiger partial charge in [0.05, 0.1) is 21.3 Å². The fourth-order valence-corrected chi connectivity index (χ4v) is 2.24. The summed E-state index contributed by atoms with van der Waals surface area (Å²) in [6.45, 7) is 0. The summed E-state index contributed by atoms with van der Waals surface area (Å²) in [4.78, 5) is 0. The minimum atomic E-state index is -0.874. The molecule has 5 heteroatoms. The summed E-state index contributed by atoms with van der Waals surface area (Å²) in [5, 5.41) is 11.1. The van der Waals surface area contributed by atoms with Gasteiger partial charge in [-0.15, -0.1) is 0 Å². The molecule has 0 spiro atoms. The van der Waals surface area contributed by atoms with Crippen LogP contribution < -0.4 is 14.2 Å². The molecule has 0 saturated carbocycles. The molecule has 2 aromatic rings. The van der Waals surface area contributed by atoms with Crippen molar-refractivity contribution in [3.05, 3.63) is 52.5 Å². The highest BCUT2D eigenvalue weighted by molar-refractivity contribution is 6.30. The molecule has 1 unspecified atom stereocenters. The van der Waals surface area contributed by atoms with E-state index in [1.807, 2.05) is 0 Å². The first-order valence-electron chi connectivity index (χ1n) is 6.33. The molecule has 21 heavy (non-hydrogen) atoms. The predicted molar refractivity (Wildman–Crippen MR) is 81.6 cm³/mol. The maximum absolute atomic E-state index is 10.6. The van der Waals surface area contributed by atoms with Gasteiger partial charge in [-0.1, -0.05) is 17.7 Å². The molecule has 0 saturated heterocycles. The van der Waals surface area contributed by atoms with E-state index in [-0.39, 0.29) is 0 Å². The minimum Gasteiger partial charge on any atom is -0.497 e. The summed E-state index contributed by atoms with van der Waals surface area (Å²) in [5.74, 6) is 1.74. The lowest BCUT2D eigenvalue weighted by atomic mass is 10.00. The molecule has 0 amide bonds. The SMILES string of the molecule is COc1cc(OC)cc(C(O)c2ccc(Cl)cc2OC)c1. The second-order valence-electron chi connectivity index (χ2n) is 4.43. The summed E-state index contributed by atoms with van der Waals surface area (Å²) in [6, 6.07) is 10.4. The number of benzene rings is 2. The molecule has 2 aromatic carbocycles. The molecule has 0 fully saturated rings. The van der Waals surface area contributed by atoms with Crippen LogP contribution in [0.4, 0.5) is 0 Å². The third kappa shape index (κ3) is 3.40. The number of aliphatic hydroxyl groups excluding tert-OH is 1. The van der Waals surface area contributed by atoms with E-state index in [2.05, 4.69) is 0 Å². The summed E-state index contributed by atoms with van der Waals surface area (Å²) >= 11 is 5.94. The number of halogens is 1. The highest BCUT2D eigenvalue weighted by atomic mass is 35.5. The van der Waals surface area contributed by atoms with E-state index >= 15 is 0 Å². The normalized spacial score (nSPS) is 11.9. The predicted octanol–water partition coefficient (Wildman–Crippen LogP) is 3.45. The molecular weight excluding hydrogens is 292 g/mol. The van der Waals surface area contributed by atoms with Crippen LogP contribution in [0.1, 0.15) is 17.2 Å². The molecule has 2 rings (SSSR count). The average molecular weight is 309 g/mol. The summed E-state index contributed by atoms with van der Waals surface area (Å²) in [6.07, 6.45) is -0.874. The molecule has 0 bridgehead atoms. The molecule has 4 nitrogen and oxygen atoms in total. The molecule has 112 valence electrons. The lowest BCUT2D eigenvalue weighted by molar-refractivity contribution is 0.213. The molecule has 0 aromatic heterocycles. The van der Waals surface area contributed by atoms with Crippen LogP contribution in [-0.2, 0) is 0 Å². The first-order valence-corrected chi connectivity index (χ1v) is 6.71. The Morgan fingerprint density at radius 1 is 0.905 bits per heavy atom. The van der Waals surface area contributed by atoms with Crippen molar-refractivity contribution in [2.24, 2.45) is 0 Å². The van der Waals surface area contributed by atoms with Crippen molar-refractivity contribution in [1.82, 2.24) is 0 Å².